The van der Waals surface area contributed by atoms with Crippen LogP contribution in [-0.2, 0) is 27.0 Å². The lowest BCUT2D eigenvalue weighted by molar-refractivity contribution is -0.147. The summed E-state index contributed by atoms with van der Waals surface area (Å²) in [6, 6.07) is 5.76. The van der Waals surface area contributed by atoms with Crippen LogP contribution in [0.5, 0.6) is 5.75 Å². The number of primary amides is 1. The number of alkyl halides is 3. The fraction of sp³-hybridized carbons (Fsp3) is 0.345. The lowest BCUT2D eigenvalue weighted by Crippen LogP contribution is -2.58. The molecule has 0 saturated heterocycles. The van der Waals surface area contributed by atoms with Gasteiger partial charge in [0, 0.05) is 23.5 Å². The number of fused-ring (bicyclic) bond motifs is 3. The van der Waals surface area contributed by atoms with Crippen molar-refractivity contribution in [3.63, 3.8) is 0 Å². The molecule has 210 valence electrons. The molecule has 1 saturated carbocycles. The highest BCUT2D eigenvalue weighted by Crippen LogP contribution is 2.54. The number of rotatable bonds is 3. The number of carbonyl (C=O) groups excluding carboxylic acids is 3. The van der Waals surface area contributed by atoms with Crippen LogP contribution in [0, 0.1) is 11.8 Å². The first-order chi connectivity index (χ1) is 18.6. The number of benzene rings is 2. The van der Waals surface area contributed by atoms with E-state index in [0.717, 1.165) is 12.1 Å². The molecule has 0 aliphatic heterocycles. The molecule has 40 heavy (non-hydrogen) atoms. The average molecular weight is 558 g/mol. The summed E-state index contributed by atoms with van der Waals surface area (Å²) in [6.07, 6.45) is -4.84. The number of hydrogen-bond acceptors (Lipinski definition) is 7. The largest absolute Gasteiger partial charge is 0.508 e. The number of halogens is 3. The first-order valence-electron chi connectivity index (χ1n) is 12.6. The number of Topliss-reactive ketones (excluding diaryl/α,β-unsaturated/α-hetero) is 2. The number of phenols is 1. The summed E-state index contributed by atoms with van der Waals surface area (Å²) in [5.41, 5.74) is 1.95. The summed E-state index contributed by atoms with van der Waals surface area (Å²) in [5, 5.41) is 44.8. The zero-order chi connectivity index (χ0) is 29.5. The van der Waals surface area contributed by atoms with Crippen LogP contribution in [0.15, 0.2) is 47.2 Å². The predicted octanol–water partition coefficient (Wildman–Crippen LogP) is 4.23. The van der Waals surface area contributed by atoms with Gasteiger partial charge in [-0.3, -0.25) is 14.4 Å². The van der Waals surface area contributed by atoms with Crippen LogP contribution in [0.4, 0.5) is 13.2 Å². The summed E-state index contributed by atoms with van der Waals surface area (Å²) < 4.78 is 39.3. The molecule has 0 radical (unpaired) electrons. The smallest absolute Gasteiger partial charge is 0.416 e. The van der Waals surface area contributed by atoms with Crippen molar-refractivity contribution >= 4 is 23.2 Å². The van der Waals surface area contributed by atoms with Gasteiger partial charge < -0.3 is 26.2 Å². The van der Waals surface area contributed by atoms with Crippen LogP contribution in [0.2, 0.25) is 0 Å². The van der Waals surface area contributed by atoms with E-state index < -0.39 is 75.9 Å². The van der Waals surface area contributed by atoms with Crippen LogP contribution in [0.1, 0.15) is 54.9 Å². The van der Waals surface area contributed by atoms with Gasteiger partial charge >= 0.3 is 6.18 Å². The Morgan fingerprint density at radius 2 is 1.70 bits per heavy atom. The number of nitrogens with two attached hydrogens (primary N) is 1. The van der Waals surface area contributed by atoms with E-state index in [4.69, 9.17) is 5.73 Å². The molecule has 3 atom stereocenters. The average Bonchev–Trinajstić information content (AvgIpc) is 2.85. The van der Waals surface area contributed by atoms with Crippen LogP contribution in [-0.4, -0.2) is 43.5 Å². The maximum Gasteiger partial charge on any atom is 0.416 e. The van der Waals surface area contributed by atoms with Gasteiger partial charge in [-0.05, 0) is 59.6 Å². The number of aromatic hydroxyl groups is 1. The lowest BCUT2D eigenvalue weighted by Gasteiger charge is -2.46. The lowest BCUT2D eigenvalue weighted by atomic mass is 9.59. The molecule has 1 fully saturated rings. The Balaban J connectivity index is 1.71. The Morgan fingerprint density at radius 1 is 1.07 bits per heavy atom. The van der Waals surface area contributed by atoms with E-state index >= 15 is 0 Å². The van der Waals surface area contributed by atoms with Crippen molar-refractivity contribution < 1.29 is 48.0 Å². The minimum Gasteiger partial charge on any atom is -0.508 e. The highest BCUT2D eigenvalue weighted by atomic mass is 19.4. The van der Waals surface area contributed by atoms with Gasteiger partial charge in [-0.25, -0.2) is 0 Å². The maximum absolute atomic E-state index is 13.7. The van der Waals surface area contributed by atoms with Gasteiger partial charge in [0.05, 0.1) is 11.1 Å². The molecule has 3 aliphatic carbocycles. The Bertz CT molecular complexity index is 1550. The van der Waals surface area contributed by atoms with Gasteiger partial charge in [-0.1, -0.05) is 26.0 Å². The topological polar surface area (TPSA) is 158 Å². The maximum atomic E-state index is 13.7. The number of carbonyl (C=O) groups is 3. The molecule has 3 aliphatic rings. The number of ketones is 2. The van der Waals surface area contributed by atoms with Crippen molar-refractivity contribution in [2.45, 2.75) is 50.8 Å². The summed E-state index contributed by atoms with van der Waals surface area (Å²) in [5.74, 6) is -7.44. The monoisotopic (exact) mass is 557 g/mol. The molecular weight excluding hydrogens is 531 g/mol. The molecular formula is C29H26F3NO7. The quantitative estimate of drug-likeness (QED) is 0.353. The summed E-state index contributed by atoms with van der Waals surface area (Å²) in [4.78, 5) is 38.0. The molecule has 8 nitrogen and oxygen atoms in total. The SMILES string of the molecule is CC(C)c1cc(-c2ccc(C(F)(F)F)cc2)c(O)c2c1C[C@H]1C[C@H]3CC(=O)C(C(N)=O)=C(O)[C@@]3(O)C(=O)C1=C2O. The summed E-state index contributed by atoms with van der Waals surface area (Å²) in [6.45, 7) is 3.72. The zero-order valence-corrected chi connectivity index (χ0v) is 21.5. The minimum absolute atomic E-state index is 0.00185. The van der Waals surface area contributed by atoms with E-state index in [1.165, 1.54) is 12.1 Å². The Morgan fingerprint density at radius 3 is 2.25 bits per heavy atom. The second kappa shape index (κ2) is 8.95. The highest BCUT2D eigenvalue weighted by molar-refractivity contribution is 6.22. The number of phenolic OH excluding ortho intramolecular Hbond substituents is 1. The number of amides is 1. The Hall–Kier alpha value is -4.12. The number of aliphatic hydroxyl groups is 3. The third-order valence-corrected chi connectivity index (χ3v) is 8.24. The van der Waals surface area contributed by atoms with E-state index in [9.17, 15) is 48.0 Å². The standard InChI is InChI=1S/C29H26F3NO7/c1-11(2)16-10-17(12-3-5-14(6-4-12)29(30,31)32)23(35)21-18(16)8-13-7-15-9-19(34)22(27(33)39)26(38)28(15,40)25(37)20(13)24(21)36/h3-6,10-11,13,15,35-36,38,40H,7-9H2,1-2H3,(H2,33,39)/t13-,15+,28+/m1/s1. The molecule has 5 rings (SSSR count). The van der Waals surface area contributed by atoms with Gasteiger partial charge in [-0.15, -0.1) is 0 Å². The van der Waals surface area contributed by atoms with Crippen molar-refractivity contribution in [2.75, 3.05) is 0 Å². The minimum atomic E-state index is -4.56. The van der Waals surface area contributed by atoms with Gasteiger partial charge in [0.15, 0.2) is 11.4 Å². The predicted molar refractivity (Wildman–Crippen MR) is 136 cm³/mol. The van der Waals surface area contributed by atoms with E-state index in [0.29, 0.717) is 11.1 Å². The van der Waals surface area contributed by atoms with Gasteiger partial charge in [-0.2, -0.15) is 13.2 Å². The molecule has 11 heteroatoms. The molecule has 0 bridgehead atoms. The van der Waals surface area contributed by atoms with Crippen LogP contribution in [0.25, 0.3) is 16.9 Å². The van der Waals surface area contributed by atoms with Crippen molar-refractivity contribution in [1.82, 2.24) is 0 Å². The molecule has 6 N–H and O–H groups in total. The van der Waals surface area contributed by atoms with E-state index in [1.54, 1.807) is 6.07 Å². The highest BCUT2D eigenvalue weighted by Gasteiger charge is 2.60. The fourth-order valence-corrected chi connectivity index (χ4v) is 6.29. The normalized spacial score (nSPS) is 24.7. The third kappa shape index (κ3) is 3.82. The van der Waals surface area contributed by atoms with Crippen molar-refractivity contribution in [1.29, 1.82) is 0 Å². The zero-order valence-electron chi connectivity index (χ0n) is 21.5. The third-order valence-electron chi connectivity index (χ3n) is 8.24. The molecule has 0 unspecified atom stereocenters. The second-order valence-corrected chi connectivity index (χ2v) is 10.9. The second-order valence-electron chi connectivity index (χ2n) is 10.9. The first kappa shape index (κ1) is 27.4. The van der Waals surface area contributed by atoms with Gasteiger partial charge in [0.2, 0.25) is 5.78 Å². The molecule has 1 amide bonds. The van der Waals surface area contributed by atoms with Crippen molar-refractivity contribution in [3.8, 4) is 16.9 Å². The molecule has 2 aromatic carbocycles. The van der Waals surface area contributed by atoms with Crippen LogP contribution in [0.3, 0.4) is 0 Å². The first-order valence-corrected chi connectivity index (χ1v) is 12.6. The van der Waals surface area contributed by atoms with Crippen molar-refractivity contribution in [3.05, 3.63) is 69.5 Å². The van der Waals surface area contributed by atoms with E-state index in [-0.39, 0.29) is 41.0 Å². The van der Waals surface area contributed by atoms with Gasteiger partial charge in [0.25, 0.3) is 5.91 Å². The fourth-order valence-electron chi connectivity index (χ4n) is 6.29. The molecule has 0 spiro atoms. The molecule has 2 aromatic rings. The molecule has 0 heterocycles. The Kier molecular flexibility index (Phi) is 6.14. The van der Waals surface area contributed by atoms with E-state index in [2.05, 4.69) is 0 Å². The van der Waals surface area contributed by atoms with Crippen molar-refractivity contribution in [2.24, 2.45) is 17.6 Å². The Labute approximate surface area is 226 Å². The summed E-state index contributed by atoms with van der Waals surface area (Å²) in [7, 11) is 0. The van der Waals surface area contributed by atoms with Crippen LogP contribution >= 0.6 is 0 Å². The van der Waals surface area contributed by atoms with Crippen LogP contribution < -0.4 is 5.73 Å². The van der Waals surface area contributed by atoms with Gasteiger partial charge in [0.1, 0.15) is 22.8 Å². The summed E-state index contributed by atoms with van der Waals surface area (Å²) >= 11 is 0. The number of hydrogen-bond donors (Lipinski definition) is 5. The number of aliphatic hydroxyl groups excluding tert-OH is 2. The molecule has 0 aromatic heterocycles. The van der Waals surface area contributed by atoms with E-state index in [1.807, 2.05) is 13.8 Å².